The standard InChI is InChI=1S/C15H9Cl2FN2O2.C15H11ClF4N2O2.C13H10Cl2FN3O3.C13H8ClF4N3O2.C13H11F3N4O3.C12H5Cl4FN2O2/c1-3-7-8(4-5-9(16)13(7)18)11-6-10(19)12(17)14(20-11)15(21)22-2;1-6-7(3-4-8(12(6)17)15(18,19)20)10-5-9(21)11(16)13(22-10)14(23)24-2;1-21-10-9(13(20)22-2)18-12(19-11(10)17)5-3-4-6(14)8(16)7(5)15;1-23-12(22)10-9(14)6(19)4-7(20-10)5-2-3-8(13(16,17)18)21-11(5)15;1-22-9-8(12(21)23-2)19-11(20-10(9)17)6-3-4-7(18-5-6)13(14,15)16;13-4-2-1-3(5(14)6(4)15)10-8(17)9(18)7(16)11(19-10)12(20)21/h1,4-6H,2H3,(H2,19,20);3-5H,1-2H3,(H2,21,22);3-4H,1-2H3,(H2,17,18,19);2-4H,1H3,(H2,19,20);3-5H,1-2H3,(H2,17,19,20);1-2H,(H2,18,19)(H,20,21). The zero-order chi connectivity index (χ0) is 102. The molecule has 0 atom stereocenters. The molecule has 0 saturated heterocycles. The fourth-order valence-corrected chi connectivity index (χ4v) is 12.6. The molecule has 12 aromatic rings. The van der Waals surface area contributed by atoms with Gasteiger partial charge in [0.05, 0.1) is 157 Å². The van der Waals surface area contributed by atoms with Gasteiger partial charge in [-0.25, -0.2) is 91.2 Å². The number of methoxy groups -OCH3 is 7. The number of hydrogen-bond donors (Lipinski definition) is 7. The maximum Gasteiger partial charge on any atom is 0.433 e. The molecule has 710 valence electrons. The van der Waals surface area contributed by atoms with Gasteiger partial charge in [0.25, 0.3) is 0 Å². The van der Waals surface area contributed by atoms with Crippen LogP contribution < -0.4 is 43.9 Å². The minimum absolute atomic E-state index is 0.00224. The van der Waals surface area contributed by atoms with E-state index in [4.69, 9.17) is 171 Å². The molecule has 135 heavy (non-hydrogen) atoms. The molecule has 30 nitrogen and oxygen atoms in total. The summed E-state index contributed by atoms with van der Waals surface area (Å²) in [5.41, 5.74) is 27.1. The minimum atomic E-state index is -4.82. The van der Waals surface area contributed by atoms with Crippen LogP contribution in [0.3, 0.4) is 0 Å². The van der Waals surface area contributed by atoms with E-state index in [2.05, 4.69) is 79.4 Å². The predicted molar refractivity (Wildman–Crippen MR) is 470 cm³/mol. The lowest BCUT2D eigenvalue weighted by Gasteiger charge is -2.14. The van der Waals surface area contributed by atoms with E-state index in [0.29, 0.717) is 12.1 Å². The lowest BCUT2D eigenvalue weighted by Crippen LogP contribution is -2.12. The Morgan fingerprint density at radius 3 is 1.21 bits per heavy atom. The molecule has 0 fully saturated rings. The fourth-order valence-electron chi connectivity index (χ4n) is 10.7. The van der Waals surface area contributed by atoms with E-state index in [0.717, 1.165) is 57.9 Å². The number of nitrogens with two attached hydrogens (primary N) is 6. The number of hydrogen-bond acceptors (Lipinski definition) is 29. The third-order valence-electron chi connectivity index (χ3n) is 17.1. The van der Waals surface area contributed by atoms with Gasteiger partial charge in [-0.2, -0.15) is 43.9 Å². The Morgan fingerprint density at radius 2 is 0.785 bits per heavy atom. The van der Waals surface area contributed by atoms with Gasteiger partial charge in [-0.3, -0.25) is 4.98 Å². The summed E-state index contributed by atoms with van der Waals surface area (Å²) in [5, 5.41) is 7.63. The first-order valence-electron chi connectivity index (χ1n) is 35.5. The number of alkyl halides is 9. The Bertz CT molecular complexity index is 6720. The van der Waals surface area contributed by atoms with Gasteiger partial charge in [-0.05, 0) is 97.4 Å². The van der Waals surface area contributed by atoms with Crippen molar-refractivity contribution >= 4 is 186 Å². The zero-order valence-electron chi connectivity index (χ0n) is 68.6. The fraction of sp³-hybridized carbons (Fsp3) is 0.136. The van der Waals surface area contributed by atoms with E-state index in [1.54, 1.807) is 0 Å². The van der Waals surface area contributed by atoms with E-state index >= 15 is 0 Å². The Kier molecular flexibility index (Phi) is 36.7. The van der Waals surface area contributed by atoms with E-state index in [1.807, 2.05) is 0 Å². The first-order chi connectivity index (χ1) is 63.0. The van der Waals surface area contributed by atoms with Crippen LogP contribution in [0.1, 0.15) is 91.0 Å². The molecule has 4 aromatic carbocycles. The highest BCUT2D eigenvalue weighted by Crippen LogP contribution is 2.44. The molecule has 0 aliphatic heterocycles. The van der Waals surface area contributed by atoms with Crippen molar-refractivity contribution in [2.24, 2.45) is 0 Å². The van der Waals surface area contributed by atoms with E-state index in [1.165, 1.54) is 83.9 Å². The molecule has 0 radical (unpaired) electrons. The molecular weight excluding hydrogens is 2040 g/mol. The largest absolute Gasteiger partial charge is 0.491 e. The second kappa shape index (κ2) is 45.6. The number of anilines is 6. The van der Waals surface area contributed by atoms with Gasteiger partial charge < -0.3 is 72.7 Å². The van der Waals surface area contributed by atoms with Gasteiger partial charge in [-0.1, -0.05) is 128 Å². The van der Waals surface area contributed by atoms with Crippen LogP contribution in [0.2, 0.25) is 50.2 Å². The molecule has 0 bridgehead atoms. The molecule has 0 saturated carbocycles. The molecule has 12 rings (SSSR count). The highest BCUT2D eigenvalue weighted by molar-refractivity contribution is 6.49. The number of carbonyl (C=O) groups excluding carboxylic acids is 5. The van der Waals surface area contributed by atoms with Crippen LogP contribution in [0.5, 0.6) is 11.5 Å². The Balaban J connectivity index is 0.000000221. The number of nitrogens with zero attached hydrogens (tertiary/aromatic N) is 10. The summed E-state index contributed by atoms with van der Waals surface area (Å²) >= 11 is 58.1. The number of carboxylic acid groups (broad SMARTS) is 1. The highest BCUT2D eigenvalue weighted by Gasteiger charge is 2.38. The van der Waals surface area contributed by atoms with Gasteiger partial charge in [0.1, 0.15) is 22.9 Å². The second-order valence-electron chi connectivity index (χ2n) is 25.5. The normalized spacial score (nSPS) is 10.9. The molecule has 54 heteroatoms. The van der Waals surface area contributed by atoms with Crippen LogP contribution >= 0.6 is 116 Å². The first kappa shape index (κ1) is 109. The average Bonchev–Trinajstić information content (AvgIpc) is 1.07. The third kappa shape index (κ3) is 25.2. The molecule has 8 heterocycles. The number of halogens is 24. The van der Waals surface area contributed by atoms with E-state index in [-0.39, 0.29) is 193 Å². The number of nitrogen functional groups attached to an aromatic ring is 6. The van der Waals surface area contributed by atoms with Crippen molar-refractivity contribution in [3.8, 4) is 91.6 Å². The smallest absolute Gasteiger partial charge is 0.433 e. The summed E-state index contributed by atoms with van der Waals surface area (Å²) in [6.07, 6.45) is -7.91. The number of pyridine rings is 6. The SMILES string of the molecule is C#Cc1c(-c2cc(N)c(Cl)c(C(=O)OC)n2)ccc(Cl)c1F.COC(=O)c1nc(-c2ccc(C(F)(F)F)c(F)c2C)cc(N)c1Cl.COC(=O)c1nc(-c2ccc(C(F)(F)F)nc2)nc(N)c1OC.COC(=O)c1nc(-c2ccc(C(F)(F)F)nc2F)cc(N)c1Cl.COC(=O)c1nc(-c2ccc(Cl)c(F)c2Cl)nc(N)c1OC.Nc1c(F)c(-c2ccc(Cl)c(Cl)c2Cl)nc(C(=O)O)c1Cl. The molecular formula is C81H54Cl10F14N16O14. The maximum atomic E-state index is 14.2. The Morgan fingerprint density at radius 1 is 0.385 bits per heavy atom. The number of terminal acetylenes is 1. The van der Waals surface area contributed by atoms with Crippen LogP contribution in [0.25, 0.3) is 67.8 Å². The highest BCUT2D eigenvalue weighted by atomic mass is 35.5. The second-order valence-corrected chi connectivity index (χ2v) is 29.3. The average molecular weight is 2100 g/mol. The molecule has 13 N–H and O–H groups in total. The predicted octanol–water partition coefficient (Wildman–Crippen LogP) is 20.8. The van der Waals surface area contributed by atoms with Crippen molar-refractivity contribution in [3.63, 3.8) is 0 Å². The van der Waals surface area contributed by atoms with Crippen LogP contribution in [0, 0.1) is 48.5 Å². The molecule has 0 aliphatic carbocycles. The molecule has 8 aromatic heterocycles. The van der Waals surface area contributed by atoms with Crippen LogP contribution in [-0.4, -0.2) is 141 Å². The van der Waals surface area contributed by atoms with Crippen molar-refractivity contribution in [3.05, 3.63) is 239 Å². The minimum Gasteiger partial charge on any atom is -0.491 e. The third-order valence-corrected chi connectivity index (χ3v) is 21.0. The number of carboxylic acids is 1. The molecule has 0 spiro atoms. The maximum absolute atomic E-state index is 14.2. The summed E-state index contributed by atoms with van der Waals surface area (Å²) in [4.78, 5) is 107. The van der Waals surface area contributed by atoms with Crippen molar-refractivity contribution in [1.29, 1.82) is 0 Å². The quantitative estimate of drug-likeness (QED) is 0.0133. The van der Waals surface area contributed by atoms with E-state index < -0.39 is 117 Å². The summed E-state index contributed by atoms with van der Waals surface area (Å²) in [6.45, 7) is 1.17. The van der Waals surface area contributed by atoms with Crippen LogP contribution in [0.15, 0.2) is 97.2 Å². The van der Waals surface area contributed by atoms with Crippen molar-refractivity contribution in [2.75, 3.05) is 84.2 Å². The van der Waals surface area contributed by atoms with Gasteiger partial charge in [-0.15, -0.1) is 6.42 Å². The lowest BCUT2D eigenvalue weighted by atomic mass is 10.00. The number of ether oxygens (including phenoxy) is 7. The monoisotopic (exact) mass is 2090 g/mol. The van der Waals surface area contributed by atoms with Gasteiger partial charge >= 0.3 is 54.3 Å². The van der Waals surface area contributed by atoms with Gasteiger partial charge in [0.15, 0.2) is 86.4 Å². The Hall–Kier alpha value is -13.4. The van der Waals surface area contributed by atoms with Crippen molar-refractivity contribution < 1.29 is 128 Å². The summed E-state index contributed by atoms with van der Waals surface area (Å²) in [7, 11) is 8.23. The number of esters is 5. The van der Waals surface area contributed by atoms with Gasteiger partial charge in [0, 0.05) is 34.0 Å². The topological polar surface area (TPSA) is 472 Å². The summed E-state index contributed by atoms with van der Waals surface area (Å²) < 4.78 is 216. The number of rotatable bonds is 14. The molecule has 0 unspecified atom stereocenters. The summed E-state index contributed by atoms with van der Waals surface area (Å²) in [5.74, 6) is -9.35. The zero-order valence-corrected chi connectivity index (χ0v) is 76.1. The molecule has 0 aliphatic rings. The molecule has 0 amide bonds. The van der Waals surface area contributed by atoms with Crippen LogP contribution in [-0.2, 0) is 42.2 Å². The number of benzene rings is 4. The lowest BCUT2D eigenvalue weighted by molar-refractivity contribution is -0.142. The number of carbonyl (C=O) groups is 6. The van der Waals surface area contributed by atoms with Crippen LogP contribution in [0.4, 0.5) is 95.9 Å². The van der Waals surface area contributed by atoms with Crippen molar-refractivity contribution in [1.82, 2.24) is 49.8 Å². The van der Waals surface area contributed by atoms with E-state index in [9.17, 15) is 90.2 Å². The Labute approximate surface area is 799 Å². The first-order valence-corrected chi connectivity index (χ1v) is 39.3. The number of aromatic carboxylic acids is 1. The summed E-state index contributed by atoms with van der Waals surface area (Å²) in [6, 6.07) is 17.0. The number of aromatic nitrogens is 10. The van der Waals surface area contributed by atoms with Gasteiger partial charge in [0.2, 0.25) is 5.95 Å². The van der Waals surface area contributed by atoms with Crippen molar-refractivity contribution in [2.45, 2.75) is 25.5 Å².